The Morgan fingerprint density at radius 2 is 1.31 bits per heavy atom. The first-order valence-corrected chi connectivity index (χ1v) is 3.30. The Hall–Kier alpha value is -1.28. The highest BCUT2D eigenvalue weighted by atomic mass is 35.5. The van der Waals surface area contributed by atoms with Crippen LogP contribution in [0.4, 0.5) is 17.6 Å². The van der Waals surface area contributed by atoms with Gasteiger partial charge >= 0.3 is 0 Å². The van der Waals surface area contributed by atoms with Crippen molar-refractivity contribution in [1.29, 1.82) is 5.26 Å². The highest BCUT2D eigenvalue weighted by Gasteiger charge is 2.23. The fraction of sp³-hybridized carbons (Fsp3) is 0. The Labute approximate surface area is 75.2 Å². The minimum absolute atomic E-state index is 0.984. The van der Waals surface area contributed by atoms with Crippen molar-refractivity contribution in [1.82, 2.24) is 0 Å². The zero-order valence-corrected chi connectivity index (χ0v) is 6.59. The van der Waals surface area contributed by atoms with Crippen LogP contribution in [-0.4, -0.2) is 0 Å². The maximum Gasteiger partial charge on any atom is 0.181 e. The van der Waals surface area contributed by atoms with E-state index >= 15 is 0 Å². The number of rotatable bonds is 0. The van der Waals surface area contributed by atoms with E-state index < -0.39 is 33.9 Å². The fourth-order valence-electron chi connectivity index (χ4n) is 0.703. The molecular weight excluding hydrogens is 210 g/mol. The Balaban J connectivity index is 3.69. The molecule has 0 aliphatic rings. The molecule has 0 saturated carbocycles. The van der Waals surface area contributed by atoms with Gasteiger partial charge in [0.25, 0.3) is 0 Å². The highest BCUT2D eigenvalue weighted by molar-refractivity contribution is 6.30. The zero-order valence-electron chi connectivity index (χ0n) is 5.84. The largest absolute Gasteiger partial charge is 0.202 e. The third-order valence-electron chi connectivity index (χ3n) is 1.32. The predicted molar refractivity (Wildman–Crippen MR) is 36.0 cm³/mol. The van der Waals surface area contributed by atoms with E-state index in [0.29, 0.717) is 0 Å². The first kappa shape index (κ1) is 9.81. The van der Waals surface area contributed by atoms with E-state index in [-0.39, 0.29) is 0 Å². The van der Waals surface area contributed by atoms with Gasteiger partial charge in [-0.05, 0) is 0 Å². The van der Waals surface area contributed by atoms with Crippen LogP contribution >= 0.6 is 11.6 Å². The summed E-state index contributed by atoms with van der Waals surface area (Å²) in [4.78, 5) is 0. The molecule has 0 heterocycles. The molecule has 0 aliphatic carbocycles. The molecule has 0 aliphatic heterocycles. The summed E-state index contributed by atoms with van der Waals surface area (Å²) in [6.07, 6.45) is 0. The summed E-state index contributed by atoms with van der Waals surface area (Å²) in [5.41, 5.74) is -1.32. The van der Waals surface area contributed by atoms with Crippen LogP contribution in [0.3, 0.4) is 0 Å². The first-order chi connectivity index (χ1) is 6.00. The van der Waals surface area contributed by atoms with E-state index in [1.807, 2.05) is 0 Å². The Bertz CT molecular complexity index is 381. The Kier molecular flexibility index (Phi) is 2.43. The lowest BCUT2D eigenvalue weighted by molar-refractivity contribution is 0.451. The molecule has 1 aromatic rings. The van der Waals surface area contributed by atoms with Crippen molar-refractivity contribution in [3.05, 3.63) is 33.9 Å². The van der Waals surface area contributed by atoms with Gasteiger partial charge in [0.1, 0.15) is 16.7 Å². The summed E-state index contributed by atoms with van der Waals surface area (Å²) < 4.78 is 50.3. The van der Waals surface area contributed by atoms with Crippen LogP contribution in [0.15, 0.2) is 0 Å². The Morgan fingerprint density at radius 3 is 1.62 bits per heavy atom. The second kappa shape index (κ2) is 3.23. The van der Waals surface area contributed by atoms with Crippen LogP contribution in [0.5, 0.6) is 0 Å². The van der Waals surface area contributed by atoms with Crippen LogP contribution in [0, 0.1) is 34.6 Å². The number of hydrogen-bond donors (Lipinski definition) is 0. The van der Waals surface area contributed by atoms with Crippen LogP contribution in [-0.2, 0) is 0 Å². The van der Waals surface area contributed by atoms with Gasteiger partial charge in [0.2, 0.25) is 0 Å². The van der Waals surface area contributed by atoms with Gasteiger partial charge in [-0.3, -0.25) is 0 Å². The molecule has 0 amide bonds. The molecule has 0 saturated heterocycles. The summed E-state index contributed by atoms with van der Waals surface area (Å²) in [5, 5.41) is 6.84. The number of nitrogens with zero attached hydrogens (tertiary/aromatic N) is 1. The number of benzene rings is 1. The highest BCUT2D eigenvalue weighted by Crippen LogP contribution is 2.26. The molecule has 1 aromatic carbocycles. The topological polar surface area (TPSA) is 23.8 Å². The van der Waals surface area contributed by atoms with Gasteiger partial charge in [0, 0.05) is 0 Å². The van der Waals surface area contributed by atoms with E-state index in [4.69, 9.17) is 16.9 Å². The molecule has 0 N–H and O–H groups in total. The molecule has 1 rings (SSSR count). The van der Waals surface area contributed by atoms with Gasteiger partial charge in [-0.2, -0.15) is 5.26 Å². The number of hydrogen-bond acceptors (Lipinski definition) is 1. The van der Waals surface area contributed by atoms with Gasteiger partial charge in [0.05, 0.1) is 0 Å². The summed E-state index contributed by atoms with van der Waals surface area (Å²) in [5.74, 6) is -7.10. The molecule has 68 valence electrons. The van der Waals surface area contributed by atoms with Crippen LogP contribution in [0.25, 0.3) is 0 Å². The van der Waals surface area contributed by atoms with Gasteiger partial charge < -0.3 is 0 Å². The minimum Gasteiger partial charge on any atom is -0.202 e. The number of halogens is 5. The van der Waals surface area contributed by atoms with Crippen molar-refractivity contribution in [2.75, 3.05) is 0 Å². The number of nitriles is 1. The molecule has 13 heavy (non-hydrogen) atoms. The fourth-order valence-corrected chi connectivity index (χ4v) is 0.869. The van der Waals surface area contributed by atoms with E-state index in [9.17, 15) is 17.6 Å². The second-order valence-corrected chi connectivity index (χ2v) is 2.43. The average Bonchev–Trinajstić information content (AvgIpc) is 2.13. The summed E-state index contributed by atoms with van der Waals surface area (Å²) in [6, 6.07) is 0.984. The van der Waals surface area contributed by atoms with E-state index in [1.165, 1.54) is 0 Å². The zero-order chi connectivity index (χ0) is 10.2. The monoisotopic (exact) mass is 209 g/mol. The molecular formula is C7ClF4N. The van der Waals surface area contributed by atoms with Gasteiger partial charge in [-0.1, -0.05) is 11.6 Å². The normalized spacial score (nSPS) is 9.85. The molecule has 0 atom stereocenters. The van der Waals surface area contributed by atoms with Gasteiger partial charge in [0.15, 0.2) is 23.3 Å². The van der Waals surface area contributed by atoms with Crippen molar-refractivity contribution >= 4 is 11.6 Å². The van der Waals surface area contributed by atoms with E-state index in [0.717, 1.165) is 6.07 Å². The summed E-state index contributed by atoms with van der Waals surface area (Å²) in [6.45, 7) is 0. The minimum atomic E-state index is -1.79. The van der Waals surface area contributed by atoms with E-state index in [1.54, 1.807) is 0 Å². The lowest BCUT2D eigenvalue weighted by atomic mass is 10.2. The van der Waals surface area contributed by atoms with Crippen LogP contribution in [0.1, 0.15) is 5.56 Å². The van der Waals surface area contributed by atoms with Crippen molar-refractivity contribution in [3.63, 3.8) is 0 Å². The second-order valence-electron chi connectivity index (χ2n) is 2.06. The predicted octanol–water partition coefficient (Wildman–Crippen LogP) is 2.77. The maximum absolute atomic E-state index is 12.6. The molecule has 1 nitrogen and oxygen atoms in total. The van der Waals surface area contributed by atoms with Crippen molar-refractivity contribution in [3.8, 4) is 6.07 Å². The molecule has 0 radical (unpaired) electrons. The van der Waals surface area contributed by atoms with Crippen molar-refractivity contribution in [2.45, 2.75) is 0 Å². The summed E-state index contributed by atoms with van der Waals surface area (Å²) in [7, 11) is 0. The third kappa shape index (κ3) is 1.33. The molecule has 0 spiro atoms. The quantitative estimate of drug-likeness (QED) is 0.366. The standard InChI is InChI=1S/C7ClF4N/c8-3-6(11)4(9)2(1-13)5(10)7(3)12. The van der Waals surface area contributed by atoms with Crippen LogP contribution in [0.2, 0.25) is 5.02 Å². The van der Waals surface area contributed by atoms with Gasteiger partial charge in [-0.15, -0.1) is 0 Å². The smallest absolute Gasteiger partial charge is 0.181 e. The average molecular weight is 210 g/mol. The lowest BCUT2D eigenvalue weighted by Gasteiger charge is -2.01. The maximum atomic E-state index is 12.6. The lowest BCUT2D eigenvalue weighted by Crippen LogP contribution is -2.00. The molecule has 0 fully saturated rings. The SMILES string of the molecule is N#Cc1c(F)c(F)c(Cl)c(F)c1F. The third-order valence-corrected chi connectivity index (χ3v) is 1.65. The Morgan fingerprint density at radius 1 is 0.923 bits per heavy atom. The van der Waals surface area contributed by atoms with Gasteiger partial charge in [-0.25, -0.2) is 17.6 Å². The molecule has 0 bridgehead atoms. The van der Waals surface area contributed by atoms with Crippen molar-refractivity contribution in [2.24, 2.45) is 0 Å². The molecule has 0 unspecified atom stereocenters. The van der Waals surface area contributed by atoms with Crippen LogP contribution < -0.4 is 0 Å². The molecule has 0 aromatic heterocycles. The summed E-state index contributed by atoms with van der Waals surface area (Å²) >= 11 is 4.88. The first-order valence-electron chi connectivity index (χ1n) is 2.92. The van der Waals surface area contributed by atoms with Crippen molar-refractivity contribution < 1.29 is 17.6 Å². The van der Waals surface area contributed by atoms with E-state index in [2.05, 4.69) is 0 Å². The molecule has 6 heteroatoms.